The number of hydrogen-bond donors (Lipinski definition) is 2. The largest absolute Gasteiger partial charge is 0.357 e. The summed E-state index contributed by atoms with van der Waals surface area (Å²) in [5.74, 6) is 2.32. The van der Waals surface area contributed by atoms with Gasteiger partial charge in [-0.05, 0) is 37.5 Å². The summed E-state index contributed by atoms with van der Waals surface area (Å²) in [6, 6.07) is 7.97. The van der Waals surface area contributed by atoms with Crippen LogP contribution in [0.4, 0.5) is 0 Å². The fourth-order valence-corrected chi connectivity index (χ4v) is 2.78. The van der Waals surface area contributed by atoms with Gasteiger partial charge in [0.2, 0.25) is 0 Å². The van der Waals surface area contributed by atoms with Crippen molar-refractivity contribution in [2.75, 3.05) is 6.54 Å². The van der Waals surface area contributed by atoms with E-state index in [2.05, 4.69) is 58.9 Å². The van der Waals surface area contributed by atoms with E-state index in [0.717, 1.165) is 35.5 Å². The van der Waals surface area contributed by atoms with Crippen LogP contribution in [0.2, 0.25) is 5.02 Å². The van der Waals surface area contributed by atoms with Crippen molar-refractivity contribution < 1.29 is 0 Å². The number of imidazole rings is 1. The van der Waals surface area contributed by atoms with Gasteiger partial charge in [0.05, 0.1) is 6.04 Å². The van der Waals surface area contributed by atoms with Gasteiger partial charge in [-0.25, -0.2) is 9.98 Å². The molecule has 0 fully saturated rings. The molecule has 2 rings (SSSR count). The molecule has 0 saturated carbocycles. The highest BCUT2D eigenvalue weighted by molar-refractivity contribution is 14.0. The van der Waals surface area contributed by atoms with E-state index in [9.17, 15) is 0 Å². The molecule has 26 heavy (non-hydrogen) atoms. The number of hydrogen-bond acceptors (Lipinski definition) is 2. The van der Waals surface area contributed by atoms with E-state index >= 15 is 0 Å². The van der Waals surface area contributed by atoms with Crippen LogP contribution in [0.25, 0.3) is 0 Å². The fraction of sp³-hybridized carbons (Fsp3) is 0.474. The quantitative estimate of drug-likeness (QED) is 0.339. The molecule has 0 spiro atoms. The lowest BCUT2D eigenvalue weighted by Crippen LogP contribution is -2.38. The van der Waals surface area contributed by atoms with E-state index in [4.69, 9.17) is 11.6 Å². The molecule has 7 heteroatoms. The van der Waals surface area contributed by atoms with Crippen LogP contribution in [-0.2, 0) is 13.1 Å². The van der Waals surface area contributed by atoms with Gasteiger partial charge in [0, 0.05) is 30.5 Å². The molecule has 0 aliphatic carbocycles. The Hall–Kier alpha value is -1.28. The first-order chi connectivity index (χ1) is 12.0. The Balaban J connectivity index is 0.00000338. The van der Waals surface area contributed by atoms with Crippen LogP contribution in [0.15, 0.2) is 41.7 Å². The van der Waals surface area contributed by atoms with Crippen molar-refractivity contribution in [3.63, 3.8) is 0 Å². The third-order valence-corrected chi connectivity index (χ3v) is 4.02. The Bertz CT molecular complexity index is 699. The van der Waals surface area contributed by atoms with Gasteiger partial charge in [-0.2, -0.15) is 0 Å². The molecular weight excluding hydrogens is 461 g/mol. The van der Waals surface area contributed by atoms with E-state index in [0.29, 0.717) is 12.5 Å². The standard InChI is InChI=1S/C19H28ClN5.HI/c1-5-21-19(24-15(4)16-7-6-8-17(20)11-16)23-12-18-22-9-10-25(18)13-14(2)3;/h6-11,14-15H,5,12-13H2,1-4H3,(H2,21,23,24);1H. The van der Waals surface area contributed by atoms with E-state index in [1.54, 1.807) is 0 Å². The van der Waals surface area contributed by atoms with E-state index < -0.39 is 0 Å². The zero-order valence-corrected chi connectivity index (χ0v) is 19.0. The van der Waals surface area contributed by atoms with Crippen molar-refractivity contribution in [3.05, 3.63) is 53.1 Å². The Morgan fingerprint density at radius 2 is 2.08 bits per heavy atom. The average molecular weight is 490 g/mol. The monoisotopic (exact) mass is 489 g/mol. The topological polar surface area (TPSA) is 54.2 Å². The van der Waals surface area contributed by atoms with Crippen LogP contribution in [0.3, 0.4) is 0 Å². The molecule has 0 radical (unpaired) electrons. The summed E-state index contributed by atoms with van der Waals surface area (Å²) in [5.41, 5.74) is 1.12. The highest BCUT2D eigenvalue weighted by Gasteiger charge is 2.09. The predicted octanol–water partition coefficient (Wildman–Crippen LogP) is 4.63. The van der Waals surface area contributed by atoms with Crippen LogP contribution in [0.1, 0.15) is 45.1 Å². The summed E-state index contributed by atoms with van der Waals surface area (Å²) in [4.78, 5) is 9.12. The molecule has 1 unspecified atom stereocenters. The summed E-state index contributed by atoms with van der Waals surface area (Å²) in [7, 11) is 0. The highest BCUT2D eigenvalue weighted by atomic mass is 127. The molecule has 0 amide bonds. The van der Waals surface area contributed by atoms with Gasteiger partial charge in [0.25, 0.3) is 0 Å². The molecule has 0 saturated heterocycles. The zero-order valence-electron chi connectivity index (χ0n) is 15.9. The summed E-state index contributed by atoms with van der Waals surface area (Å²) in [6.45, 7) is 10.8. The maximum Gasteiger partial charge on any atom is 0.192 e. The first-order valence-electron chi connectivity index (χ1n) is 8.80. The highest BCUT2D eigenvalue weighted by Crippen LogP contribution is 2.17. The van der Waals surface area contributed by atoms with Crippen LogP contribution in [0, 0.1) is 5.92 Å². The Morgan fingerprint density at radius 3 is 2.73 bits per heavy atom. The molecule has 1 aromatic carbocycles. The summed E-state index contributed by atoms with van der Waals surface area (Å²) < 4.78 is 2.16. The number of rotatable bonds is 7. The molecule has 0 aliphatic heterocycles. The molecule has 2 aromatic rings. The first-order valence-corrected chi connectivity index (χ1v) is 9.17. The Labute approximate surface area is 178 Å². The first kappa shape index (κ1) is 22.8. The SMILES string of the molecule is CCNC(=NCc1nccn1CC(C)C)NC(C)c1cccc(Cl)c1.I. The summed E-state index contributed by atoms with van der Waals surface area (Å²) in [6.07, 6.45) is 3.85. The fourth-order valence-electron chi connectivity index (χ4n) is 2.59. The second-order valence-electron chi connectivity index (χ2n) is 6.51. The minimum Gasteiger partial charge on any atom is -0.357 e. The zero-order chi connectivity index (χ0) is 18.2. The van der Waals surface area contributed by atoms with Gasteiger partial charge in [-0.15, -0.1) is 24.0 Å². The third-order valence-electron chi connectivity index (χ3n) is 3.79. The number of guanidine groups is 1. The maximum absolute atomic E-state index is 6.09. The molecule has 5 nitrogen and oxygen atoms in total. The second kappa shape index (κ2) is 11.4. The lowest BCUT2D eigenvalue weighted by atomic mass is 10.1. The van der Waals surface area contributed by atoms with E-state index in [-0.39, 0.29) is 30.0 Å². The van der Waals surface area contributed by atoms with Crippen LogP contribution in [-0.4, -0.2) is 22.1 Å². The van der Waals surface area contributed by atoms with Crippen molar-refractivity contribution >= 4 is 41.5 Å². The van der Waals surface area contributed by atoms with Gasteiger partial charge >= 0.3 is 0 Å². The second-order valence-corrected chi connectivity index (χ2v) is 6.94. The lowest BCUT2D eigenvalue weighted by Gasteiger charge is -2.18. The van der Waals surface area contributed by atoms with Crippen LogP contribution >= 0.6 is 35.6 Å². The van der Waals surface area contributed by atoms with Crippen molar-refractivity contribution in [2.24, 2.45) is 10.9 Å². The molecule has 1 aromatic heterocycles. The summed E-state index contributed by atoms with van der Waals surface area (Å²) >= 11 is 6.09. The van der Waals surface area contributed by atoms with Gasteiger partial charge in [0.15, 0.2) is 5.96 Å². The molecule has 1 atom stereocenters. The van der Waals surface area contributed by atoms with Crippen LogP contribution < -0.4 is 10.6 Å². The van der Waals surface area contributed by atoms with Crippen molar-refractivity contribution in [1.82, 2.24) is 20.2 Å². The van der Waals surface area contributed by atoms with E-state index in [1.807, 2.05) is 30.6 Å². The van der Waals surface area contributed by atoms with Gasteiger partial charge < -0.3 is 15.2 Å². The third kappa shape index (κ3) is 7.15. The number of aromatic nitrogens is 2. The average Bonchev–Trinajstić information content (AvgIpc) is 2.99. The van der Waals surface area contributed by atoms with Gasteiger partial charge in [-0.1, -0.05) is 37.6 Å². The number of aliphatic imine (C=N–C) groups is 1. The predicted molar refractivity (Wildman–Crippen MR) is 120 cm³/mol. The molecule has 0 bridgehead atoms. The number of halogens is 2. The Morgan fingerprint density at radius 1 is 1.31 bits per heavy atom. The number of nitrogens with one attached hydrogen (secondary N) is 2. The lowest BCUT2D eigenvalue weighted by molar-refractivity contribution is 0.507. The number of nitrogens with zero attached hydrogens (tertiary/aromatic N) is 3. The molecule has 144 valence electrons. The normalized spacial score (nSPS) is 12.6. The smallest absolute Gasteiger partial charge is 0.192 e. The molecular formula is C19H29ClIN5. The van der Waals surface area contributed by atoms with E-state index in [1.165, 1.54) is 0 Å². The van der Waals surface area contributed by atoms with Crippen LogP contribution in [0.5, 0.6) is 0 Å². The molecule has 0 aliphatic rings. The van der Waals surface area contributed by atoms with Gasteiger partial charge in [-0.3, -0.25) is 0 Å². The van der Waals surface area contributed by atoms with Gasteiger partial charge in [0.1, 0.15) is 12.4 Å². The van der Waals surface area contributed by atoms with Crippen molar-refractivity contribution in [3.8, 4) is 0 Å². The van der Waals surface area contributed by atoms with Crippen molar-refractivity contribution in [2.45, 2.75) is 46.8 Å². The Kier molecular flexibility index (Phi) is 10.0. The van der Waals surface area contributed by atoms with Crippen molar-refractivity contribution in [1.29, 1.82) is 0 Å². The minimum atomic E-state index is 0. The molecule has 1 heterocycles. The minimum absolute atomic E-state index is 0. The summed E-state index contributed by atoms with van der Waals surface area (Å²) in [5, 5.41) is 7.46. The maximum atomic E-state index is 6.09. The number of benzene rings is 1. The molecule has 2 N–H and O–H groups in total.